The molecule has 0 aliphatic heterocycles. The number of aromatic nitrogens is 3. The van der Waals surface area contributed by atoms with Crippen LogP contribution in [-0.2, 0) is 0 Å². The Bertz CT molecular complexity index is 1220. The summed E-state index contributed by atoms with van der Waals surface area (Å²) in [7, 11) is 0. The topological polar surface area (TPSA) is 67.8 Å². The smallest absolute Gasteiger partial charge is 0.306 e. The molecule has 0 amide bonds. The van der Waals surface area contributed by atoms with Crippen molar-refractivity contribution in [1.29, 1.82) is 0 Å². The number of nitrogens with zero attached hydrogens (tertiary/aromatic N) is 2. The molecular formula is C17H9BrFN3O2. The molecule has 0 atom stereocenters. The molecule has 2 aromatic carbocycles. The number of hydrogen-bond donors (Lipinski definition) is 1. The van der Waals surface area contributed by atoms with Crippen molar-refractivity contribution in [1.82, 2.24) is 14.5 Å². The zero-order valence-corrected chi connectivity index (χ0v) is 13.7. The average Bonchev–Trinajstić information content (AvgIpc) is 2.54. The van der Waals surface area contributed by atoms with Gasteiger partial charge in [0.1, 0.15) is 5.82 Å². The van der Waals surface area contributed by atoms with Gasteiger partial charge in [-0.3, -0.25) is 9.78 Å². The molecule has 0 saturated heterocycles. The molecule has 7 heteroatoms. The lowest BCUT2D eigenvalue weighted by atomic mass is 10.1. The maximum absolute atomic E-state index is 14.3. The highest BCUT2D eigenvalue weighted by atomic mass is 79.9. The van der Waals surface area contributed by atoms with Crippen molar-refractivity contribution in [3.8, 4) is 5.69 Å². The van der Waals surface area contributed by atoms with Crippen LogP contribution in [0.1, 0.15) is 0 Å². The van der Waals surface area contributed by atoms with Crippen LogP contribution in [0.4, 0.5) is 4.39 Å². The molecule has 0 fully saturated rings. The van der Waals surface area contributed by atoms with Gasteiger partial charge in [0.2, 0.25) is 0 Å². The van der Waals surface area contributed by atoms with Gasteiger partial charge in [0.05, 0.1) is 22.8 Å². The van der Waals surface area contributed by atoms with Crippen LogP contribution in [-0.4, -0.2) is 14.5 Å². The second kappa shape index (κ2) is 5.38. The summed E-state index contributed by atoms with van der Waals surface area (Å²) in [5, 5.41) is 1.28. The lowest BCUT2D eigenvalue weighted by Crippen LogP contribution is -2.34. The second-order valence-corrected chi connectivity index (χ2v) is 6.18. The number of aromatic amines is 1. The number of pyridine rings is 1. The number of halogens is 2. The van der Waals surface area contributed by atoms with Crippen LogP contribution in [0.3, 0.4) is 0 Å². The number of fused-ring (bicyclic) bond motifs is 2. The van der Waals surface area contributed by atoms with Crippen molar-refractivity contribution < 1.29 is 4.39 Å². The normalized spacial score (nSPS) is 11.2. The van der Waals surface area contributed by atoms with Gasteiger partial charge < -0.3 is 4.98 Å². The van der Waals surface area contributed by atoms with Crippen LogP contribution in [0, 0.1) is 5.82 Å². The Hall–Kier alpha value is -2.80. The van der Waals surface area contributed by atoms with Crippen molar-refractivity contribution in [2.24, 2.45) is 0 Å². The standard InChI is InChI=1S/C17H9BrFN3O2/c18-10-5-12(19)15-13(6-10)21-17(24)22(16(15)23)14-8-20-7-9-3-1-2-4-11(9)14/h1-8H,(H,21,24). The molecule has 0 saturated carbocycles. The Balaban J connectivity index is 2.18. The Labute approximate surface area is 142 Å². The van der Waals surface area contributed by atoms with E-state index >= 15 is 0 Å². The summed E-state index contributed by atoms with van der Waals surface area (Å²) in [4.78, 5) is 31.9. The van der Waals surface area contributed by atoms with E-state index < -0.39 is 17.1 Å². The molecule has 0 unspecified atom stereocenters. The summed E-state index contributed by atoms with van der Waals surface area (Å²) in [5.74, 6) is -0.706. The predicted octanol–water partition coefficient (Wildman–Crippen LogP) is 3.13. The molecule has 1 N–H and O–H groups in total. The molecule has 4 aromatic rings. The summed E-state index contributed by atoms with van der Waals surface area (Å²) in [6.45, 7) is 0. The van der Waals surface area contributed by atoms with Gasteiger partial charge in [0.25, 0.3) is 5.56 Å². The zero-order chi connectivity index (χ0) is 16.8. The van der Waals surface area contributed by atoms with Crippen LogP contribution in [0.2, 0.25) is 0 Å². The number of H-pyrrole nitrogens is 1. The van der Waals surface area contributed by atoms with Crippen LogP contribution in [0.5, 0.6) is 0 Å². The van der Waals surface area contributed by atoms with E-state index in [4.69, 9.17) is 0 Å². The van der Waals surface area contributed by atoms with Crippen molar-refractivity contribution >= 4 is 37.6 Å². The summed E-state index contributed by atoms with van der Waals surface area (Å²) in [6.07, 6.45) is 3.05. The quantitative estimate of drug-likeness (QED) is 0.547. The number of rotatable bonds is 1. The highest BCUT2D eigenvalue weighted by Gasteiger charge is 2.15. The minimum Gasteiger partial charge on any atom is -0.306 e. The van der Waals surface area contributed by atoms with E-state index in [9.17, 15) is 14.0 Å². The van der Waals surface area contributed by atoms with Crippen LogP contribution in [0.25, 0.3) is 27.4 Å². The van der Waals surface area contributed by atoms with Gasteiger partial charge in [-0.2, -0.15) is 0 Å². The first kappa shape index (κ1) is 14.8. The van der Waals surface area contributed by atoms with E-state index in [2.05, 4.69) is 25.9 Å². The minimum absolute atomic E-state index is 0.140. The Kier molecular flexibility index (Phi) is 3.31. The molecular weight excluding hydrogens is 377 g/mol. The number of hydrogen-bond acceptors (Lipinski definition) is 3. The SMILES string of the molecule is O=c1[nH]c2cc(Br)cc(F)c2c(=O)n1-c1cncc2ccccc12. The maximum Gasteiger partial charge on any atom is 0.333 e. The molecule has 0 aliphatic rings. The van der Waals surface area contributed by atoms with E-state index in [0.29, 0.717) is 15.5 Å². The summed E-state index contributed by atoms with van der Waals surface area (Å²) >= 11 is 3.15. The van der Waals surface area contributed by atoms with Gasteiger partial charge >= 0.3 is 5.69 Å². The zero-order valence-electron chi connectivity index (χ0n) is 12.1. The average molecular weight is 386 g/mol. The van der Waals surface area contributed by atoms with E-state index in [1.807, 2.05) is 12.1 Å². The fourth-order valence-electron chi connectivity index (χ4n) is 2.76. The maximum atomic E-state index is 14.3. The fourth-order valence-corrected chi connectivity index (χ4v) is 3.19. The molecule has 0 spiro atoms. The Morgan fingerprint density at radius 2 is 1.92 bits per heavy atom. The highest BCUT2D eigenvalue weighted by Crippen LogP contribution is 2.21. The highest BCUT2D eigenvalue weighted by molar-refractivity contribution is 9.10. The van der Waals surface area contributed by atoms with Crippen LogP contribution >= 0.6 is 15.9 Å². The van der Waals surface area contributed by atoms with Gasteiger partial charge in [-0.25, -0.2) is 13.8 Å². The first-order chi connectivity index (χ1) is 11.6. The van der Waals surface area contributed by atoms with Crippen molar-refractivity contribution in [2.45, 2.75) is 0 Å². The third-order valence-electron chi connectivity index (χ3n) is 3.80. The first-order valence-corrected chi connectivity index (χ1v) is 7.83. The Morgan fingerprint density at radius 3 is 2.75 bits per heavy atom. The monoisotopic (exact) mass is 385 g/mol. The van der Waals surface area contributed by atoms with Crippen molar-refractivity contribution in [2.75, 3.05) is 0 Å². The number of nitrogens with one attached hydrogen (secondary N) is 1. The van der Waals surface area contributed by atoms with Crippen molar-refractivity contribution in [3.05, 3.63) is 79.9 Å². The molecule has 0 radical (unpaired) electrons. The first-order valence-electron chi connectivity index (χ1n) is 7.03. The molecule has 24 heavy (non-hydrogen) atoms. The molecule has 2 heterocycles. The number of benzene rings is 2. The largest absolute Gasteiger partial charge is 0.333 e. The molecule has 5 nitrogen and oxygen atoms in total. The third-order valence-corrected chi connectivity index (χ3v) is 4.26. The molecule has 0 aliphatic carbocycles. The van der Waals surface area contributed by atoms with Crippen LogP contribution < -0.4 is 11.2 Å². The summed E-state index contributed by atoms with van der Waals surface area (Å²) < 4.78 is 15.6. The summed E-state index contributed by atoms with van der Waals surface area (Å²) in [5.41, 5.74) is -0.926. The Morgan fingerprint density at radius 1 is 1.12 bits per heavy atom. The molecule has 4 rings (SSSR count). The predicted molar refractivity (Wildman–Crippen MR) is 93.1 cm³/mol. The lowest BCUT2D eigenvalue weighted by Gasteiger charge is -2.09. The minimum atomic E-state index is -0.725. The van der Waals surface area contributed by atoms with E-state index in [0.717, 1.165) is 9.95 Å². The van der Waals surface area contributed by atoms with E-state index in [1.165, 1.54) is 18.3 Å². The lowest BCUT2D eigenvalue weighted by molar-refractivity contribution is 0.636. The van der Waals surface area contributed by atoms with Gasteiger partial charge in [-0.05, 0) is 12.1 Å². The third kappa shape index (κ3) is 2.16. The summed E-state index contributed by atoms with van der Waals surface area (Å²) in [6, 6.07) is 9.91. The van der Waals surface area contributed by atoms with Gasteiger partial charge in [0.15, 0.2) is 0 Å². The second-order valence-electron chi connectivity index (χ2n) is 5.26. The molecule has 0 bridgehead atoms. The van der Waals surface area contributed by atoms with E-state index in [-0.39, 0.29) is 10.9 Å². The van der Waals surface area contributed by atoms with E-state index in [1.54, 1.807) is 18.3 Å². The van der Waals surface area contributed by atoms with Crippen molar-refractivity contribution in [3.63, 3.8) is 0 Å². The molecule has 2 aromatic heterocycles. The van der Waals surface area contributed by atoms with Gasteiger partial charge in [-0.1, -0.05) is 40.2 Å². The van der Waals surface area contributed by atoms with Crippen LogP contribution in [0.15, 0.2) is 62.9 Å². The molecule has 118 valence electrons. The van der Waals surface area contributed by atoms with Gasteiger partial charge in [0, 0.05) is 21.4 Å². The van der Waals surface area contributed by atoms with Gasteiger partial charge in [-0.15, -0.1) is 0 Å². The fraction of sp³-hybridized carbons (Fsp3) is 0.